The van der Waals surface area contributed by atoms with Crippen LogP contribution in [0.1, 0.15) is 46.5 Å². The number of urea groups is 1. The Morgan fingerprint density at radius 3 is 2.24 bits per heavy atom. The minimum atomic E-state index is -0.0787. The third kappa shape index (κ3) is 4.33. The Morgan fingerprint density at radius 2 is 1.71 bits per heavy atom. The molecule has 1 saturated carbocycles. The van der Waals surface area contributed by atoms with E-state index in [-0.39, 0.29) is 11.6 Å². The molecule has 2 rings (SSSR count). The van der Waals surface area contributed by atoms with E-state index in [1.54, 1.807) is 0 Å². The molecule has 2 fully saturated rings. The molecule has 2 aliphatic rings. The number of carbonyl (C=O) groups is 1. The first-order valence-electron chi connectivity index (χ1n) is 8.47. The van der Waals surface area contributed by atoms with Gasteiger partial charge in [-0.05, 0) is 39.7 Å². The highest BCUT2D eigenvalue weighted by molar-refractivity contribution is 5.75. The SMILES string of the molecule is CCC(C)(CC)NC(=O)NC1CC(N2CCN(C)CC2)C1. The lowest BCUT2D eigenvalue weighted by molar-refractivity contribution is 0.0552. The van der Waals surface area contributed by atoms with Gasteiger partial charge in [0.25, 0.3) is 0 Å². The monoisotopic (exact) mass is 296 g/mol. The van der Waals surface area contributed by atoms with Gasteiger partial charge < -0.3 is 15.5 Å². The summed E-state index contributed by atoms with van der Waals surface area (Å²) in [5.41, 5.74) is -0.0787. The van der Waals surface area contributed by atoms with Crippen molar-refractivity contribution in [3.8, 4) is 0 Å². The number of nitrogens with zero attached hydrogens (tertiary/aromatic N) is 2. The van der Waals surface area contributed by atoms with E-state index in [0.29, 0.717) is 12.1 Å². The van der Waals surface area contributed by atoms with Gasteiger partial charge in [0.2, 0.25) is 0 Å². The van der Waals surface area contributed by atoms with Crippen molar-refractivity contribution in [2.75, 3.05) is 33.2 Å². The number of nitrogens with one attached hydrogen (secondary N) is 2. The van der Waals surface area contributed by atoms with Crippen LogP contribution in [0.25, 0.3) is 0 Å². The van der Waals surface area contributed by atoms with E-state index >= 15 is 0 Å². The molecule has 1 heterocycles. The van der Waals surface area contributed by atoms with Crippen molar-refractivity contribution < 1.29 is 4.79 Å². The number of rotatable bonds is 5. The maximum atomic E-state index is 12.1. The highest BCUT2D eigenvalue weighted by atomic mass is 16.2. The Bertz CT molecular complexity index is 342. The van der Waals surface area contributed by atoms with Crippen molar-refractivity contribution in [2.45, 2.75) is 64.1 Å². The number of likely N-dealkylation sites (N-methyl/N-ethyl adjacent to an activating group) is 1. The summed E-state index contributed by atoms with van der Waals surface area (Å²) in [4.78, 5) is 17.0. The molecule has 0 atom stereocenters. The molecule has 5 heteroatoms. The fraction of sp³-hybridized carbons (Fsp3) is 0.938. The highest BCUT2D eigenvalue weighted by Gasteiger charge is 2.36. The van der Waals surface area contributed by atoms with Crippen LogP contribution < -0.4 is 10.6 Å². The first-order valence-corrected chi connectivity index (χ1v) is 8.47. The van der Waals surface area contributed by atoms with E-state index < -0.39 is 0 Å². The van der Waals surface area contributed by atoms with Gasteiger partial charge in [-0.2, -0.15) is 0 Å². The second-order valence-electron chi connectivity index (χ2n) is 7.03. The van der Waals surface area contributed by atoms with Crippen LogP contribution in [-0.2, 0) is 0 Å². The molecule has 1 saturated heterocycles. The number of hydrogen-bond donors (Lipinski definition) is 2. The van der Waals surface area contributed by atoms with Crippen molar-refractivity contribution in [1.82, 2.24) is 20.4 Å². The Morgan fingerprint density at radius 1 is 1.14 bits per heavy atom. The van der Waals surface area contributed by atoms with E-state index in [1.165, 1.54) is 26.2 Å². The van der Waals surface area contributed by atoms with Gasteiger partial charge in [0.15, 0.2) is 0 Å². The molecular formula is C16H32N4O. The van der Waals surface area contributed by atoms with Crippen molar-refractivity contribution in [3.05, 3.63) is 0 Å². The molecule has 0 aromatic carbocycles. The number of hydrogen-bond acceptors (Lipinski definition) is 3. The summed E-state index contributed by atoms with van der Waals surface area (Å²) in [5, 5.41) is 6.25. The van der Waals surface area contributed by atoms with E-state index in [2.05, 4.69) is 48.3 Å². The number of carbonyl (C=O) groups excluding carboxylic acids is 1. The molecular weight excluding hydrogens is 264 g/mol. The van der Waals surface area contributed by atoms with Gasteiger partial charge in [-0.25, -0.2) is 4.79 Å². The molecule has 5 nitrogen and oxygen atoms in total. The van der Waals surface area contributed by atoms with Crippen LogP contribution in [0, 0.1) is 0 Å². The van der Waals surface area contributed by atoms with Gasteiger partial charge in [0.1, 0.15) is 0 Å². The van der Waals surface area contributed by atoms with Crippen molar-refractivity contribution in [2.24, 2.45) is 0 Å². The van der Waals surface area contributed by atoms with Gasteiger partial charge in [0.05, 0.1) is 0 Å². The van der Waals surface area contributed by atoms with Crippen LogP contribution >= 0.6 is 0 Å². The Hall–Kier alpha value is -0.810. The molecule has 0 radical (unpaired) electrons. The Balaban J connectivity index is 1.67. The van der Waals surface area contributed by atoms with Gasteiger partial charge in [-0.1, -0.05) is 13.8 Å². The highest BCUT2D eigenvalue weighted by Crippen LogP contribution is 2.26. The number of piperazine rings is 1. The van der Waals surface area contributed by atoms with E-state index in [4.69, 9.17) is 0 Å². The van der Waals surface area contributed by atoms with E-state index in [1.807, 2.05) is 0 Å². The minimum Gasteiger partial charge on any atom is -0.335 e. The molecule has 122 valence electrons. The molecule has 0 aromatic heterocycles. The van der Waals surface area contributed by atoms with Crippen molar-refractivity contribution in [1.29, 1.82) is 0 Å². The van der Waals surface area contributed by atoms with Gasteiger partial charge >= 0.3 is 6.03 Å². The quantitative estimate of drug-likeness (QED) is 0.811. The fourth-order valence-electron chi connectivity index (χ4n) is 3.11. The summed E-state index contributed by atoms with van der Waals surface area (Å²) in [6, 6.07) is 1.03. The van der Waals surface area contributed by atoms with Crippen LogP contribution in [0.2, 0.25) is 0 Å². The van der Waals surface area contributed by atoms with Crippen molar-refractivity contribution >= 4 is 6.03 Å². The molecule has 0 unspecified atom stereocenters. The number of amides is 2. The van der Waals surface area contributed by atoms with Crippen LogP contribution in [0.5, 0.6) is 0 Å². The first-order chi connectivity index (χ1) is 9.95. The van der Waals surface area contributed by atoms with Crippen LogP contribution in [0.15, 0.2) is 0 Å². The normalized spacial score (nSPS) is 28.0. The molecule has 2 amide bonds. The smallest absolute Gasteiger partial charge is 0.315 e. The predicted octanol–water partition coefficient (Wildman–Crippen LogP) is 1.64. The third-order valence-corrected chi connectivity index (χ3v) is 5.48. The lowest BCUT2D eigenvalue weighted by atomic mass is 9.85. The van der Waals surface area contributed by atoms with Gasteiger partial charge in [-0.3, -0.25) is 4.90 Å². The largest absolute Gasteiger partial charge is 0.335 e. The van der Waals surface area contributed by atoms with Crippen molar-refractivity contribution in [3.63, 3.8) is 0 Å². The van der Waals surface area contributed by atoms with Crippen LogP contribution in [-0.4, -0.2) is 66.7 Å². The second kappa shape index (κ2) is 6.97. The third-order valence-electron chi connectivity index (χ3n) is 5.48. The summed E-state index contributed by atoms with van der Waals surface area (Å²) in [7, 11) is 2.19. The second-order valence-corrected chi connectivity index (χ2v) is 7.03. The van der Waals surface area contributed by atoms with Gasteiger partial charge in [0, 0.05) is 43.8 Å². The zero-order chi connectivity index (χ0) is 15.5. The summed E-state index contributed by atoms with van der Waals surface area (Å²) >= 11 is 0. The molecule has 0 bridgehead atoms. The maximum absolute atomic E-state index is 12.1. The van der Waals surface area contributed by atoms with E-state index in [0.717, 1.165) is 25.7 Å². The average Bonchev–Trinajstić information content (AvgIpc) is 2.43. The van der Waals surface area contributed by atoms with Gasteiger partial charge in [-0.15, -0.1) is 0 Å². The molecule has 1 aliphatic heterocycles. The zero-order valence-electron chi connectivity index (χ0n) is 14.1. The fourth-order valence-corrected chi connectivity index (χ4v) is 3.11. The maximum Gasteiger partial charge on any atom is 0.315 e. The Kier molecular flexibility index (Phi) is 5.49. The molecule has 0 spiro atoms. The topological polar surface area (TPSA) is 47.6 Å². The summed E-state index contributed by atoms with van der Waals surface area (Å²) in [5.74, 6) is 0. The lowest BCUT2D eigenvalue weighted by Crippen LogP contribution is -2.60. The first kappa shape index (κ1) is 16.6. The molecule has 1 aliphatic carbocycles. The molecule has 21 heavy (non-hydrogen) atoms. The standard InChI is InChI=1S/C16H32N4O/c1-5-16(3,6-2)18-15(21)17-13-11-14(12-13)20-9-7-19(4)8-10-20/h13-14H,5-12H2,1-4H3,(H2,17,18,21). The Labute approximate surface area is 129 Å². The zero-order valence-corrected chi connectivity index (χ0v) is 14.1. The van der Waals surface area contributed by atoms with E-state index in [9.17, 15) is 4.79 Å². The molecule has 2 N–H and O–H groups in total. The summed E-state index contributed by atoms with van der Waals surface area (Å²) in [6.45, 7) is 11.0. The summed E-state index contributed by atoms with van der Waals surface area (Å²) < 4.78 is 0. The molecule has 0 aromatic rings. The average molecular weight is 296 g/mol. The van der Waals surface area contributed by atoms with Crippen LogP contribution in [0.4, 0.5) is 4.79 Å². The lowest BCUT2D eigenvalue weighted by Gasteiger charge is -2.46. The minimum absolute atomic E-state index is 0.00280. The van der Waals surface area contributed by atoms with Crippen LogP contribution in [0.3, 0.4) is 0 Å². The summed E-state index contributed by atoms with van der Waals surface area (Å²) in [6.07, 6.45) is 4.13. The predicted molar refractivity (Wildman–Crippen MR) is 86.5 cm³/mol.